The van der Waals surface area contributed by atoms with E-state index >= 15 is 0 Å². The molecule has 152 valence electrons. The second kappa shape index (κ2) is 10.3. The molecule has 0 aliphatic carbocycles. The van der Waals surface area contributed by atoms with Crippen molar-refractivity contribution in [2.45, 2.75) is 45.2 Å². The normalized spacial score (nSPS) is 11.7. The Bertz CT molecular complexity index is 789. The number of carbonyl (C=O) groups is 2. The number of rotatable bonds is 10. The average Bonchev–Trinajstić information content (AvgIpc) is 2.99. The summed E-state index contributed by atoms with van der Waals surface area (Å²) < 4.78 is 7.03. The van der Waals surface area contributed by atoms with Crippen LogP contribution < -0.4 is 15.4 Å². The van der Waals surface area contributed by atoms with Crippen LogP contribution in [0.15, 0.2) is 30.3 Å². The summed E-state index contributed by atoms with van der Waals surface area (Å²) in [5.74, 6) is -0.267. The maximum absolute atomic E-state index is 12.4. The molecule has 0 fully saturated rings. The lowest BCUT2D eigenvalue weighted by Gasteiger charge is -2.19. The van der Waals surface area contributed by atoms with E-state index in [9.17, 15) is 9.59 Å². The van der Waals surface area contributed by atoms with E-state index in [1.54, 1.807) is 18.8 Å². The first kappa shape index (κ1) is 21.3. The number of nitrogens with zero attached hydrogens (tertiary/aromatic N) is 2. The van der Waals surface area contributed by atoms with Gasteiger partial charge in [0, 0.05) is 19.5 Å². The molecule has 2 amide bonds. The van der Waals surface area contributed by atoms with E-state index in [4.69, 9.17) is 9.84 Å². The Kier molecular flexibility index (Phi) is 7.86. The lowest BCUT2D eigenvalue weighted by atomic mass is 10.0. The number of benzene rings is 1. The first-order valence-corrected chi connectivity index (χ1v) is 9.33. The number of nitrogens with one attached hydrogen (secondary N) is 2. The third-order valence-corrected chi connectivity index (χ3v) is 4.49. The minimum atomic E-state index is -0.882. The van der Waals surface area contributed by atoms with Gasteiger partial charge in [-0.25, -0.2) is 9.48 Å². The molecule has 1 aromatic carbocycles. The van der Waals surface area contributed by atoms with E-state index in [-0.39, 0.29) is 25.0 Å². The zero-order valence-corrected chi connectivity index (χ0v) is 16.6. The minimum Gasteiger partial charge on any atom is -0.481 e. The van der Waals surface area contributed by atoms with Gasteiger partial charge in [-0.05, 0) is 24.8 Å². The number of carboxylic acids is 1. The Morgan fingerprint density at radius 3 is 2.61 bits per heavy atom. The standard InChI is InChI=1S/C20H28N4O4/c1-4-17-16(19(28-3)24(2)23-17)13-21-20(27)22-15(10-11-18(25)26)12-14-8-6-5-7-9-14/h5-9,15H,4,10-13H2,1-3H3,(H,25,26)(H2,21,22,27). The Morgan fingerprint density at radius 1 is 1.29 bits per heavy atom. The van der Waals surface area contributed by atoms with Crippen LogP contribution in [0.3, 0.4) is 0 Å². The molecule has 3 N–H and O–H groups in total. The molecule has 8 heteroatoms. The number of carbonyl (C=O) groups excluding carboxylic acids is 1. The molecule has 0 saturated carbocycles. The molecule has 1 atom stereocenters. The summed E-state index contributed by atoms with van der Waals surface area (Å²) in [6.07, 6.45) is 1.64. The van der Waals surface area contributed by atoms with Gasteiger partial charge in [0.25, 0.3) is 0 Å². The molecule has 0 spiro atoms. The predicted octanol–water partition coefficient (Wildman–Crippen LogP) is 2.27. The van der Waals surface area contributed by atoms with E-state index < -0.39 is 5.97 Å². The van der Waals surface area contributed by atoms with E-state index in [1.165, 1.54) is 0 Å². The summed E-state index contributed by atoms with van der Waals surface area (Å²) in [4.78, 5) is 23.4. The number of aryl methyl sites for hydroxylation is 2. The van der Waals surface area contributed by atoms with Crippen LogP contribution in [0, 0.1) is 0 Å². The smallest absolute Gasteiger partial charge is 0.315 e. The molecular weight excluding hydrogens is 360 g/mol. The summed E-state index contributed by atoms with van der Waals surface area (Å²) >= 11 is 0. The van der Waals surface area contributed by atoms with Crippen molar-refractivity contribution in [3.05, 3.63) is 47.2 Å². The van der Waals surface area contributed by atoms with Crippen LogP contribution in [0.2, 0.25) is 0 Å². The molecular formula is C20H28N4O4. The number of carboxylic acid groups (broad SMARTS) is 1. The zero-order valence-electron chi connectivity index (χ0n) is 16.6. The highest BCUT2D eigenvalue weighted by Gasteiger charge is 2.18. The zero-order chi connectivity index (χ0) is 20.5. The van der Waals surface area contributed by atoms with Crippen LogP contribution in [0.4, 0.5) is 4.79 Å². The van der Waals surface area contributed by atoms with Crippen molar-refractivity contribution in [1.29, 1.82) is 0 Å². The van der Waals surface area contributed by atoms with E-state index in [0.29, 0.717) is 18.7 Å². The molecule has 0 aliphatic rings. The summed E-state index contributed by atoms with van der Waals surface area (Å²) in [5, 5.41) is 19.1. The van der Waals surface area contributed by atoms with E-state index in [1.807, 2.05) is 37.3 Å². The summed E-state index contributed by atoms with van der Waals surface area (Å²) in [7, 11) is 3.37. The Hall–Kier alpha value is -3.03. The Balaban J connectivity index is 2.00. The van der Waals surface area contributed by atoms with Crippen molar-refractivity contribution in [3.63, 3.8) is 0 Å². The van der Waals surface area contributed by atoms with Gasteiger partial charge in [0.1, 0.15) is 0 Å². The first-order chi connectivity index (χ1) is 13.4. The fraction of sp³-hybridized carbons (Fsp3) is 0.450. The average molecular weight is 388 g/mol. The number of hydrogen-bond acceptors (Lipinski definition) is 4. The molecule has 0 saturated heterocycles. The van der Waals surface area contributed by atoms with Crippen LogP contribution in [-0.2, 0) is 31.2 Å². The molecule has 1 aromatic heterocycles. The van der Waals surface area contributed by atoms with Gasteiger partial charge >= 0.3 is 12.0 Å². The lowest BCUT2D eigenvalue weighted by molar-refractivity contribution is -0.137. The van der Waals surface area contributed by atoms with Crippen LogP contribution >= 0.6 is 0 Å². The Morgan fingerprint density at radius 2 is 2.00 bits per heavy atom. The number of amides is 2. The van der Waals surface area contributed by atoms with Crippen LogP contribution in [-0.4, -0.2) is 40.0 Å². The molecule has 1 heterocycles. The number of aromatic nitrogens is 2. The second-order valence-electron chi connectivity index (χ2n) is 6.56. The quantitative estimate of drug-likeness (QED) is 0.579. The van der Waals surface area contributed by atoms with Gasteiger partial charge in [0.05, 0.1) is 24.9 Å². The van der Waals surface area contributed by atoms with Gasteiger partial charge in [0.15, 0.2) is 0 Å². The van der Waals surface area contributed by atoms with Crippen molar-refractivity contribution in [2.24, 2.45) is 7.05 Å². The number of hydrogen-bond donors (Lipinski definition) is 3. The molecule has 2 rings (SSSR count). The van der Waals surface area contributed by atoms with E-state index in [0.717, 1.165) is 23.2 Å². The molecule has 8 nitrogen and oxygen atoms in total. The van der Waals surface area contributed by atoms with Crippen molar-refractivity contribution in [3.8, 4) is 5.88 Å². The SMILES string of the molecule is CCc1nn(C)c(OC)c1CNC(=O)NC(CCC(=O)O)Cc1ccccc1. The highest BCUT2D eigenvalue weighted by molar-refractivity contribution is 5.74. The maximum atomic E-state index is 12.4. The largest absolute Gasteiger partial charge is 0.481 e. The van der Waals surface area contributed by atoms with Crippen LogP contribution in [0.25, 0.3) is 0 Å². The number of ether oxygens (including phenoxy) is 1. The first-order valence-electron chi connectivity index (χ1n) is 9.33. The van der Waals surface area contributed by atoms with E-state index in [2.05, 4.69) is 15.7 Å². The van der Waals surface area contributed by atoms with Crippen LogP contribution in [0.1, 0.15) is 36.6 Å². The fourth-order valence-corrected chi connectivity index (χ4v) is 3.15. The minimum absolute atomic E-state index is 0.00576. The molecule has 0 radical (unpaired) electrons. The van der Waals surface area contributed by atoms with Gasteiger partial charge in [-0.3, -0.25) is 4.79 Å². The van der Waals surface area contributed by atoms with Crippen molar-refractivity contribution in [2.75, 3.05) is 7.11 Å². The molecule has 1 unspecified atom stereocenters. The third kappa shape index (κ3) is 6.00. The molecule has 0 aliphatic heterocycles. The monoisotopic (exact) mass is 388 g/mol. The van der Waals surface area contributed by atoms with Crippen LogP contribution in [0.5, 0.6) is 5.88 Å². The van der Waals surface area contributed by atoms with Gasteiger partial charge in [-0.2, -0.15) is 5.10 Å². The number of methoxy groups -OCH3 is 1. The predicted molar refractivity (Wildman–Crippen MR) is 105 cm³/mol. The highest BCUT2D eigenvalue weighted by Crippen LogP contribution is 2.21. The molecule has 28 heavy (non-hydrogen) atoms. The number of urea groups is 1. The van der Waals surface area contributed by atoms with Crippen molar-refractivity contribution < 1.29 is 19.4 Å². The van der Waals surface area contributed by atoms with Crippen molar-refractivity contribution >= 4 is 12.0 Å². The molecule has 2 aromatic rings. The third-order valence-electron chi connectivity index (χ3n) is 4.49. The summed E-state index contributed by atoms with van der Waals surface area (Å²) in [6, 6.07) is 9.06. The fourth-order valence-electron chi connectivity index (χ4n) is 3.15. The topological polar surface area (TPSA) is 105 Å². The summed E-state index contributed by atoms with van der Waals surface area (Å²) in [5.41, 5.74) is 2.75. The summed E-state index contributed by atoms with van der Waals surface area (Å²) in [6.45, 7) is 2.27. The van der Waals surface area contributed by atoms with Gasteiger partial charge in [0.2, 0.25) is 5.88 Å². The second-order valence-corrected chi connectivity index (χ2v) is 6.56. The highest BCUT2D eigenvalue weighted by atomic mass is 16.5. The van der Waals surface area contributed by atoms with Gasteiger partial charge < -0.3 is 20.5 Å². The lowest BCUT2D eigenvalue weighted by Crippen LogP contribution is -2.43. The van der Waals surface area contributed by atoms with Gasteiger partial charge in [-0.15, -0.1) is 0 Å². The Labute approximate surface area is 164 Å². The van der Waals surface area contributed by atoms with Gasteiger partial charge in [-0.1, -0.05) is 37.3 Å². The number of aliphatic carboxylic acids is 1. The maximum Gasteiger partial charge on any atom is 0.315 e. The molecule has 0 bridgehead atoms. The van der Waals surface area contributed by atoms with Crippen molar-refractivity contribution in [1.82, 2.24) is 20.4 Å².